The fourth-order valence-electron chi connectivity index (χ4n) is 4.32. The van der Waals surface area contributed by atoms with Crippen LogP contribution >= 0.6 is 11.6 Å². The minimum absolute atomic E-state index is 0.385. The number of rotatable bonds is 7. The molecule has 3 aromatic rings. The van der Waals surface area contributed by atoms with Gasteiger partial charge in [0.1, 0.15) is 0 Å². The second kappa shape index (κ2) is 9.85. The fraction of sp³-hybridized carbons (Fsp3) is 0.276. The maximum atomic E-state index is 10.4. The van der Waals surface area contributed by atoms with Gasteiger partial charge in [-0.3, -0.25) is 0 Å². The topological polar surface area (TPSA) is 33.1 Å². The van der Waals surface area contributed by atoms with Crippen LogP contribution in [-0.4, -0.2) is 10.1 Å². The summed E-state index contributed by atoms with van der Waals surface area (Å²) in [5.41, 5.74) is 4.71. The second-order valence-corrected chi connectivity index (χ2v) is 9.48. The molecule has 3 heteroatoms. The average Bonchev–Trinajstić information content (AvgIpc) is 2.77. The summed E-state index contributed by atoms with van der Waals surface area (Å²) in [6, 6.07) is 18.2. The summed E-state index contributed by atoms with van der Waals surface area (Å²) in [5, 5.41) is 12.2. The van der Waals surface area contributed by atoms with Crippen molar-refractivity contribution >= 4 is 28.6 Å². The monoisotopic (exact) mass is 443 g/mol. The van der Waals surface area contributed by atoms with Gasteiger partial charge in [0.15, 0.2) is 0 Å². The van der Waals surface area contributed by atoms with E-state index in [1.54, 1.807) is 0 Å². The second-order valence-electron chi connectivity index (χ2n) is 9.05. The Labute approximate surface area is 196 Å². The minimum Gasteiger partial charge on any atom is -0.386 e. The van der Waals surface area contributed by atoms with Crippen molar-refractivity contribution in [1.29, 1.82) is 0 Å². The van der Waals surface area contributed by atoms with E-state index < -0.39 is 5.60 Å². The summed E-state index contributed by atoms with van der Waals surface area (Å²) in [5.74, 6) is 0.385. The van der Waals surface area contributed by atoms with Crippen LogP contribution < -0.4 is 0 Å². The zero-order valence-corrected chi connectivity index (χ0v) is 19.5. The maximum absolute atomic E-state index is 10.4. The van der Waals surface area contributed by atoms with Crippen molar-refractivity contribution in [1.82, 2.24) is 4.98 Å². The van der Waals surface area contributed by atoms with E-state index in [-0.39, 0.29) is 0 Å². The third-order valence-corrected chi connectivity index (χ3v) is 6.18. The van der Waals surface area contributed by atoms with Crippen molar-refractivity contribution < 1.29 is 5.11 Å². The molecule has 0 fully saturated rings. The Balaban J connectivity index is 1.38. The van der Waals surface area contributed by atoms with Gasteiger partial charge in [-0.1, -0.05) is 77.9 Å². The Morgan fingerprint density at radius 1 is 1.09 bits per heavy atom. The molecule has 1 heterocycles. The predicted octanol–water partition coefficient (Wildman–Crippen LogP) is 7.65. The van der Waals surface area contributed by atoms with Crippen LogP contribution in [0, 0.1) is 5.92 Å². The summed E-state index contributed by atoms with van der Waals surface area (Å²) in [4.78, 5) is 4.72. The number of allylic oxidation sites excluding steroid dienone is 5. The molecule has 0 spiro atoms. The van der Waals surface area contributed by atoms with Crippen LogP contribution in [0.2, 0.25) is 5.02 Å². The lowest BCUT2D eigenvalue weighted by molar-refractivity contribution is 0.0776. The molecule has 1 atom stereocenters. The number of nitrogens with zero attached hydrogens (tertiary/aromatic N) is 1. The van der Waals surface area contributed by atoms with E-state index >= 15 is 0 Å². The molecule has 1 aliphatic rings. The lowest BCUT2D eigenvalue weighted by atomic mass is 9.89. The molecule has 0 amide bonds. The summed E-state index contributed by atoms with van der Waals surface area (Å²) in [7, 11) is 0. The minimum atomic E-state index is -0.807. The lowest BCUT2D eigenvalue weighted by Crippen LogP contribution is -2.17. The zero-order chi connectivity index (χ0) is 22.6. The Morgan fingerprint density at radius 2 is 1.91 bits per heavy atom. The molecule has 0 bridgehead atoms. The molecular weight excluding hydrogens is 414 g/mol. The highest BCUT2D eigenvalue weighted by molar-refractivity contribution is 6.31. The summed E-state index contributed by atoms with van der Waals surface area (Å²) in [6.45, 7) is 3.71. The smallest absolute Gasteiger partial charge is 0.0843 e. The quantitative estimate of drug-likeness (QED) is 0.406. The van der Waals surface area contributed by atoms with E-state index in [0.717, 1.165) is 47.8 Å². The highest BCUT2D eigenvalue weighted by Gasteiger charge is 2.19. The van der Waals surface area contributed by atoms with Gasteiger partial charge in [0.05, 0.1) is 16.8 Å². The Hall–Kier alpha value is -2.68. The van der Waals surface area contributed by atoms with Gasteiger partial charge in [0.2, 0.25) is 0 Å². The van der Waals surface area contributed by atoms with Crippen molar-refractivity contribution in [2.75, 3.05) is 0 Å². The number of aromatic nitrogens is 1. The van der Waals surface area contributed by atoms with Gasteiger partial charge < -0.3 is 5.11 Å². The van der Waals surface area contributed by atoms with E-state index in [2.05, 4.69) is 54.6 Å². The van der Waals surface area contributed by atoms with E-state index in [9.17, 15) is 5.11 Å². The van der Waals surface area contributed by atoms with E-state index in [1.165, 1.54) is 11.1 Å². The molecule has 32 heavy (non-hydrogen) atoms. The van der Waals surface area contributed by atoms with Crippen molar-refractivity contribution in [2.24, 2.45) is 5.92 Å². The van der Waals surface area contributed by atoms with Crippen molar-refractivity contribution in [3.05, 3.63) is 106 Å². The largest absolute Gasteiger partial charge is 0.386 e. The molecule has 2 aromatic carbocycles. The SMILES string of the molecule is CC(C)(O)c1ccccc1CCCC1=CC(/C=C/c2ccc3ccc(Cl)cc3n2)CC=C1. The van der Waals surface area contributed by atoms with Gasteiger partial charge in [-0.25, -0.2) is 4.98 Å². The highest BCUT2D eigenvalue weighted by atomic mass is 35.5. The van der Waals surface area contributed by atoms with Crippen LogP contribution in [0.5, 0.6) is 0 Å². The summed E-state index contributed by atoms with van der Waals surface area (Å²) >= 11 is 6.11. The van der Waals surface area contributed by atoms with Gasteiger partial charge in [-0.15, -0.1) is 0 Å². The first-order valence-corrected chi connectivity index (χ1v) is 11.7. The third-order valence-electron chi connectivity index (χ3n) is 5.95. The van der Waals surface area contributed by atoms with E-state index in [4.69, 9.17) is 16.6 Å². The van der Waals surface area contributed by atoms with Crippen LogP contribution in [0.1, 0.15) is 49.9 Å². The Kier molecular flexibility index (Phi) is 6.93. The van der Waals surface area contributed by atoms with E-state index in [0.29, 0.717) is 10.9 Å². The Bertz CT molecular complexity index is 1180. The van der Waals surface area contributed by atoms with Crippen LogP contribution in [0.3, 0.4) is 0 Å². The number of halogens is 1. The molecule has 1 aliphatic carbocycles. The summed E-state index contributed by atoms with van der Waals surface area (Å²) in [6.07, 6.45) is 15.3. The molecule has 1 aromatic heterocycles. The number of aliphatic hydroxyl groups is 1. The molecule has 0 aliphatic heterocycles. The number of benzene rings is 2. The average molecular weight is 444 g/mol. The Morgan fingerprint density at radius 3 is 2.75 bits per heavy atom. The molecule has 0 radical (unpaired) electrons. The van der Waals surface area contributed by atoms with Gasteiger partial charge in [-0.2, -0.15) is 0 Å². The van der Waals surface area contributed by atoms with Crippen molar-refractivity contribution in [3.8, 4) is 0 Å². The predicted molar refractivity (Wildman–Crippen MR) is 136 cm³/mol. The molecule has 4 rings (SSSR count). The highest BCUT2D eigenvalue weighted by Crippen LogP contribution is 2.27. The normalized spacial score (nSPS) is 16.6. The van der Waals surface area contributed by atoms with Crippen LogP contribution in [0.15, 0.2) is 84.5 Å². The summed E-state index contributed by atoms with van der Waals surface area (Å²) < 4.78 is 0. The number of pyridine rings is 1. The zero-order valence-electron chi connectivity index (χ0n) is 18.8. The molecule has 0 saturated heterocycles. The third kappa shape index (κ3) is 5.76. The first-order chi connectivity index (χ1) is 15.4. The van der Waals surface area contributed by atoms with Gasteiger partial charge >= 0.3 is 0 Å². The number of fused-ring (bicyclic) bond motifs is 1. The molecule has 164 valence electrons. The number of hydrogen-bond acceptors (Lipinski definition) is 2. The molecule has 0 saturated carbocycles. The number of hydrogen-bond donors (Lipinski definition) is 1. The van der Waals surface area contributed by atoms with Crippen LogP contribution in [-0.2, 0) is 12.0 Å². The number of aryl methyl sites for hydroxylation is 1. The van der Waals surface area contributed by atoms with Crippen LogP contribution in [0.4, 0.5) is 0 Å². The molecule has 1 N–H and O–H groups in total. The van der Waals surface area contributed by atoms with Crippen molar-refractivity contribution in [3.63, 3.8) is 0 Å². The maximum Gasteiger partial charge on any atom is 0.0843 e. The van der Waals surface area contributed by atoms with E-state index in [1.807, 2.05) is 44.2 Å². The molecule has 2 nitrogen and oxygen atoms in total. The molecular formula is C29H30ClNO. The van der Waals surface area contributed by atoms with Crippen molar-refractivity contribution in [2.45, 2.75) is 45.1 Å². The van der Waals surface area contributed by atoms with Crippen LogP contribution in [0.25, 0.3) is 17.0 Å². The fourth-order valence-corrected chi connectivity index (χ4v) is 4.48. The lowest BCUT2D eigenvalue weighted by Gasteiger charge is -2.22. The first-order valence-electron chi connectivity index (χ1n) is 11.3. The standard InChI is InChI=1S/C29H30ClNO/c1-29(2,32)27-12-4-3-10-23(27)11-6-9-21-7-5-8-22(19-21)13-17-26-18-15-24-14-16-25(30)20-28(24)31-26/h3-5,7,10,12-20,22,32H,6,8-9,11H2,1-2H3/b17-13+. The van der Waals surface area contributed by atoms with Gasteiger partial charge in [0.25, 0.3) is 0 Å². The van der Waals surface area contributed by atoms with Gasteiger partial charge in [-0.05, 0) is 80.9 Å². The van der Waals surface area contributed by atoms with Gasteiger partial charge in [0, 0.05) is 10.4 Å². The molecule has 1 unspecified atom stereocenters. The first kappa shape index (κ1) is 22.5.